The first-order chi connectivity index (χ1) is 8.54. The van der Waals surface area contributed by atoms with Gasteiger partial charge in [0.1, 0.15) is 11.6 Å². The van der Waals surface area contributed by atoms with E-state index in [-0.39, 0.29) is 0 Å². The van der Waals surface area contributed by atoms with Crippen molar-refractivity contribution >= 4 is 33.2 Å². The Kier molecular flexibility index (Phi) is 4.19. The highest BCUT2D eigenvalue weighted by Crippen LogP contribution is 2.25. The molecule has 94 valence electrons. The van der Waals surface area contributed by atoms with Crippen LogP contribution < -0.4 is 5.32 Å². The van der Waals surface area contributed by atoms with Crippen LogP contribution in [0.15, 0.2) is 40.9 Å². The van der Waals surface area contributed by atoms with Gasteiger partial charge in [0, 0.05) is 22.8 Å². The van der Waals surface area contributed by atoms with Gasteiger partial charge in [0.15, 0.2) is 0 Å². The second kappa shape index (κ2) is 5.67. The molecule has 0 aliphatic heterocycles. The Morgan fingerprint density at radius 2 is 1.72 bits per heavy atom. The summed E-state index contributed by atoms with van der Waals surface area (Å²) in [5.74, 6) is -1.17. The average Bonchev–Trinajstić information content (AvgIpc) is 2.29. The van der Waals surface area contributed by atoms with Crippen molar-refractivity contribution in [3.8, 4) is 0 Å². The van der Waals surface area contributed by atoms with Gasteiger partial charge in [0.25, 0.3) is 0 Å². The Balaban J connectivity index is 2.08. The average molecular weight is 333 g/mol. The molecule has 0 aromatic heterocycles. The van der Waals surface area contributed by atoms with Gasteiger partial charge in [-0.1, -0.05) is 11.6 Å². The molecule has 5 heteroatoms. The fourth-order valence-electron chi connectivity index (χ4n) is 1.52. The summed E-state index contributed by atoms with van der Waals surface area (Å²) in [6.45, 7) is 0.326. The minimum atomic E-state index is -0.583. The molecule has 0 aliphatic carbocycles. The van der Waals surface area contributed by atoms with Gasteiger partial charge in [-0.2, -0.15) is 0 Å². The summed E-state index contributed by atoms with van der Waals surface area (Å²) in [7, 11) is 0. The van der Waals surface area contributed by atoms with Gasteiger partial charge in [-0.25, -0.2) is 8.78 Å². The number of rotatable bonds is 3. The molecule has 0 heterocycles. The molecule has 0 spiro atoms. The van der Waals surface area contributed by atoms with Crippen LogP contribution in [0.4, 0.5) is 14.5 Å². The van der Waals surface area contributed by atoms with Crippen LogP contribution in [-0.4, -0.2) is 0 Å². The Bertz CT molecular complexity index is 555. The molecule has 0 bridgehead atoms. The summed E-state index contributed by atoms with van der Waals surface area (Å²) in [4.78, 5) is 0. The molecule has 0 radical (unpaired) electrons. The third-order valence-corrected chi connectivity index (χ3v) is 3.57. The molecule has 0 atom stereocenters. The van der Waals surface area contributed by atoms with Crippen molar-refractivity contribution in [2.45, 2.75) is 6.54 Å². The zero-order chi connectivity index (χ0) is 13.1. The second-order valence-electron chi connectivity index (χ2n) is 3.76. The lowest BCUT2D eigenvalue weighted by atomic mass is 10.2. The Morgan fingerprint density at radius 1 is 1.06 bits per heavy atom. The highest BCUT2D eigenvalue weighted by molar-refractivity contribution is 9.10. The van der Waals surface area contributed by atoms with E-state index in [4.69, 9.17) is 11.6 Å². The molecule has 0 saturated carbocycles. The molecule has 1 N–H and O–H groups in total. The highest BCUT2D eigenvalue weighted by Gasteiger charge is 2.02. The van der Waals surface area contributed by atoms with E-state index < -0.39 is 11.6 Å². The smallest absolute Gasteiger partial charge is 0.126 e. The molecule has 0 amide bonds. The molecule has 0 unspecified atom stereocenters. The van der Waals surface area contributed by atoms with Gasteiger partial charge in [-0.15, -0.1) is 0 Å². The summed E-state index contributed by atoms with van der Waals surface area (Å²) >= 11 is 9.22. The van der Waals surface area contributed by atoms with Crippen LogP contribution in [0, 0.1) is 11.6 Å². The normalized spacial score (nSPS) is 10.4. The van der Waals surface area contributed by atoms with Gasteiger partial charge >= 0.3 is 0 Å². The predicted molar refractivity (Wildman–Crippen MR) is 72.8 cm³/mol. The van der Waals surface area contributed by atoms with E-state index in [1.165, 1.54) is 12.1 Å². The molecule has 2 aromatic rings. The van der Waals surface area contributed by atoms with Gasteiger partial charge in [0.2, 0.25) is 0 Å². The molecule has 18 heavy (non-hydrogen) atoms. The Hall–Kier alpha value is -1.13. The van der Waals surface area contributed by atoms with Crippen LogP contribution in [0.25, 0.3) is 0 Å². The maximum absolute atomic E-state index is 13.0. The largest absolute Gasteiger partial charge is 0.381 e. The number of anilines is 1. The second-order valence-corrected chi connectivity index (χ2v) is 5.02. The molecule has 0 saturated heterocycles. The fourth-order valence-corrected chi connectivity index (χ4v) is 1.95. The molecular formula is C13H9BrClF2N. The highest BCUT2D eigenvalue weighted by atomic mass is 79.9. The van der Waals surface area contributed by atoms with E-state index in [1.807, 2.05) is 6.07 Å². The Labute approximate surface area is 117 Å². The van der Waals surface area contributed by atoms with Crippen molar-refractivity contribution in [1.29, 1.82) is 0 Å². The third-order valence-electron chi connectivity index (χ3n) is 2.34. The number of hydrogen-bond acceptors (Lipinski definition) is 1. The van der Waals surface area contributed by atoms with Crippen molar-refractivity contribution < 1.29 is 8.78 Å². The van der Waals surface area contributed by atoms with Crippen molar-refractivity contribution in [2.75, 3.05) is 5.32 Å². The molecule has 2 aromatic carbocycles. The van der Waals surface area contributed by atoms with Crippen LogP contribution in [0.3, 0.4) is 0 Å². The SMILES string of the molecule is Fc1cc(F)cc(CNc2ccc(Br)c(Cl)c2)c1. The summed E-state index contributed by atoms with van der Waals surface area (Å²) in [6, 6.07) is 8.79. The summed E-state index contributed by atoms with van der Waals surface area (Å²) < 4.78 is 26.7. The summed E-state index contributed by atoms with van der Waals surface area (Å²) in [6.07, 6.45) is 0. The summed E-state index contributed by atoms with van der Waals surface area (Å²) in [5, 5.41) is 3.62. The van der Waals surface area contributed by atoms with Crippen molar-refractivity contribution in [2.24, 2.45) is 0 Å². The number of hydrogen-bond donors (Lipinski definition) is 1. The summed E-state index contributed by atoms with van der Waals surface area (Å²) in [5.41, 5.74) is 1.32. The maximum Gasteiger partial charge on any atom is 0.126 e. The fraction of sp³-hybridized carbons (Fsp3) is 0.0769. The minimum Gasteiger partial charge on any atom is -0.381 e. The van der Waals surface area contributed by atoms with Crippen LogP contribution in [-0.2, 0) is 6.54 Å². The van der Waals surface area contributed by atoms with E-state index in [0.29, 0.717) is 17.1 Å². The maximum atomic E-state index is 13.0. The monoisotopic (exact) mass is 331 g/mol. The molecule has 2 rings (SSSR count). The lowest BCUT2D eigenvalue weighted by molar-refractivity contribution is 0.580. The van der Waals surface area contributed by atoms with Crippen LogP contribution in [0.2, 0.25) is 5.02 Å². The van der Waals surface area contributed by atoms with Crippen LogP contribution in [0.5, 0.6) is 0 Å². The van der Waals surface area contributed by atoms with Crippen LogP contribution >= 0.6 is 27.5 Å². The minimum absolute atomic E-state index is 0.326. The number of nitrogens with one attached hydrogen (secondary N) is 1. The van der Waals surface area contributed by atoms with E-state index in [1.54, 1.807) is 12.1 Å². The van der Waals surface area contributed by atoms with E-state index in [2.05, 4.69) is 21.2 Å². The first kappa shape index (κ1) is 13.3. The lowest BCUT2D eigenvalue weighted by Gasteiger charge is -2.08. The first-order valence-electron chi connectivity index (χ1n) is 5.18. The third kappa shape index (κ3) is 3.43. The van der Waals surface area contributed by atoms with E-state index in [9.17, 15) is 8.78 Å². The van der Waals surface area contributed by atoms with E-state index >= 15 is 0 Å². The zero-order valence-corrected chi connectivity index (χ0v) is 11.5. The standard InChI is InChI=1S/C13H9BrClF2N/c14-12-2-1-11(6-13(12)15)18-7-8-3-9(16)5-10(17)4-8/h1-6,18H,7H2. The zero-order valence-electron chi connectivity index (χ0n) is 9.18. The van der Waals surface area contributed by atoms with Crippen LogP contribution in [0.1, 0.15) is 5.56 Å². The van der Waals surface area contributed by atoms with Gasteiger partial charge in [-0.3, -0.25) is 0 Å². The van der Waals surface area contributed by atoms with Gasteiger partial charge in [-0.05, 0) is 51.8 Å². The topological polar surface area (TPSA) is 12.0 Å². The van der Waals surface area contributed by atoms with Gasteiger partial charge < -0.3 is 5.32 Å². The Morgan fingerprint density at radius 3 is 2.33 bits per heavy atom. The van der Waals surface area contributed by atoms with E-state index in [0.717, 1.165) is 16.2 Å². The van der Waals surface area contributed by atoms with Crippen molar-refractivity contribution in [1.82, 2.24) is 0 Å². The number of benzene rings is 2. The first-order valence-corrected chi connectivity index (χ1v) is 6.35. The molecule has 0 aliphatic rings. The quantitative estimate of drug-likeness (QED) is 0.834. The number of halogens is 4. The van der Waals surface area contributed by atoms with Gasteiger partial charge in [0.05, 0.1) is 5.02 Å². The predicted octanol–water partition coefficient (Wildman–Crippen LogP) is 4.99. The lowest BCUT2D eigenvalue weighted by Crippen LogP contribution is -2.00. The molecule has 1 nitrogen and oxygen atoms in total. The van der Waals surface area contributed by atoms with Crippen molar-refractivity contribution in [3.05, 3.63) is 63.1 Å². The van der Waals surface area contributed by atoms with Crippen molar-refractivity contribution in [3.63, 3.8) is 0 Å². The molecular weight excluding hydrogens is 324 g/mol. The molecule has 0 fully saturated rings.